The molecule has 0 bridgehead atoms. The normalized spacial score (nSPS) is 36.9. The van der Waals surface area contributed by atoms with E-state index in [9.17, 15) is 4.79 Å². The molecule has 1 aliphatic rings. The predicted octanol–water partition coefficient (Wildman–Crippen LogP) is 2.14. The van der Waals surface area contributed by atoms with Gasteiger partial charge in [-0.25, -0.2) is 0 Å². The molecule has 2 atom stereocenters. The zero-order chi connectivity index (χ0) is 6.85. The Kier molecular flexibility index (Phi) is 2.28. The molecule has 0 saturated heterocycles. The molecule has 2 heteroatoms. The van der Waals surface area contributed by atoms with Crippen LogP contribution in [-0.2, 0) is 4.79 Å². The molecule has 0 heterocycles. The topological polar surface area (TPSA) is 17.1 Å². The van der Waals surface area contributed by atoms with E-state index in [0.29, 0.717) is 11.7 Å². The van der Waals surface area contributed by atoms with Gasteiger partial charge in [0.05, 0.1) is 4.83 Å². The van der Waals surface area contributed by atoms with Crippen LogP contribution >= 0.6 is 15.9 Å². The Hall–Kier alpha value is 0.150. The van der Waals surface area contributed by atoms with Crippen molar-refractivity contribution >= 4 is 21.7 Å². The number of Topliss-reactive ketones (excluding diaryl/α,β-unsaturated/α-hetero) is 1. The zero-order valence-electron chi connectivity index (χ0n) is 5.56. The van der Waals surface area contributed by atoms with Crippen molar-refractivity contribution in [3.05, 3.63) is 0 Å². The highest BCUT2D eigenvalue weighted by atomic mass is 79.9. The Morgan fingerprint density at radius 1 is 1.67 bits per heavy atom. The molecule has 1 saturated carbocycles. The van der Waals surface area contributed by atoms with Crippen molar-refractivity contribution in [3.8, 4) is 0 Å². The molecule has 0 amide bonds. The van der Waals surface area contributed by atoms with Gasteiger partial charge in [0, 0.05) is 6.42 Å². The fourth-order valence-corrected chi connectivity index (χ4v) is 1.69. The summed E-state index contributed by atoms with van der Waals surface area (Å²) < 4.78 is 0. The van der Waals surface area contributed by atoms with E-state index >= 15 is 0 Å². The van der Waals surface area contributed by atoms with Crippen LogP contribution in [0.25, 0.3) is 0 Å². The smallest absolute Gasteiger partial charge is 0.146 e. The Morgan fingerprint density at radius 2 is 2.33 bits per heavy atom. The molecule has 0 spiro atoms. The average Bonchev–Trinajstić information content (AvgIpc) is 1.83. The van der Waals surface area contributed by atoms with Gasteiger partial charge in [-0.1, -0.05) is 22.9 Å². The summed E-state index contributed by atoms with van der Waals surface area (Å²) in [6, 6.07) is 0. The quantitative estimate of drug-likeness (QED) is 0.536. The van der Waals surface area contributed by atoms with Crippen molar-refractivity contribution in [2.24, 2.45) is 5.92 Å². The fourth-order valence-electron chi connectivity index (χ4n) is 1.20. The summed E-state index contributed by atoms with van der Waals surface area (Å²) in [6.07, 6.45) is 3.06. The van der Waals surface area contributed by atoms with E-state index < -0.39 is 0 Å². The molecule has 0 aliphatic heterocycles. The Labute approximate surface area is 64.0 Å². The number of hydrogen-bond donors (Lipinski definition) is 0. The van der Waals surface area contributed by atoms with Gasteiger partial charge in [0.15, 0.2) is 0 Å². The highest BCUT2D eigenvalue weighted by Crippen LogP contribution is 2.26. The van der Waals surface area contributed by atoms with E-state index in [1.807, 2.05) is 0 Å². The lowest BCUT2D eigenvalue weighted by atomic mass is 9.90. The van der Waals surface area contributed by atoms with Gasteiger partial charge in [-0.05, 0) is 18.8 Å². The summed E-state index contributed by atoms with van der Waals surface area (Å²) in [5.74, 6) is 0.931. The second kappa shape index (κ2) is 2.82. The number of hydrogen-bond acceptors (Lipinski definition) is 1. The SMILES string of the molecule is C[C@@H]1CCCC(=O)C1Br. The van der Waals surface area contributed by atoms with Crippen molar-refractivity contribution in [1.82, 2.24) is 0 Å². The minimum Gasteiger partial charge on any atom is -0.298 e. The van der Waals surface area contributed by atoms with Crippen LogP contribution in [0.3, 0.4) is 0 Å². The fraction of sp³-hybridized carbons (Fsp3) is 0.857. The number of alkyl halides is 1. The lowest BCUT2D eigenvalue weighted by molar-refractivity contribution is -0.120. The molecular formula is C7H11BrO. The molecule has 9 heavy (non-hydrogen) atoms. The highest BCUT2D eigenvalue weighted by molar-refractivity contribution is 9.10. The molecule has 0 aromatic heterocycles. The Balaban J connectivity index is 2.51. The average molecular weight is 191 g/mol. The summed E-state index contributed by atoms with van der Waals surface area (Å²) in [6.45, 7) is 2.12. The van der Waals surface area contributed by atoms with Crippen LogP contribution in [0, 0.1) is 5.92 Å². The lowest BCUT2D eigenvalue weighted by Crippen LogP contribution is -2.26. The van der Waals surface area contributed by atoms with E-state index in [1.165, 1.54) is 6.42 Å². The third-order valence-electron chi connectivity index (χ3n) is 1.89. The molecule has 0 radical (unpaired) electrons. The van der Waals surface area contributed by atoms with Crippen LogP contribution in [-0.4, -0.2) is 10.6 Å². The Morgan fingerprint density at radius 3 is 2.78 bits per heavy atom. The van der Waals surface area contributed by atoms with E-state index in [2.05, 4.69) is 22.9 Å². The number of carbonyl (C=O) groups is 1. The highest BCUT2D eigenvalue weighted by Gasteiger charge is 2.25. The monoisotopic (exact) mass is 190 g/mol. The van der Waals surface area contributed by atoms with Crippen molar-refractivity contribution < 1.29 is 4.79 Å². The molecule has 1 nitrogen and oxygen atoms in total. The summed E-state index contributed by atoms with van der Waals surface area (Å²) in [7, 11) is 0. The third-order valence-corrected chi connectivity index (χ3v) is 3.30. The molecular weight excluding hydrogens is 180 g/mol. The van der Waals surface area contributed by atoms with Gasteiger partial charge in [-0.2, -0.15) is 0 Å². The molecule has 0 aromatic carbocycles. The summed E-state index contributed by atoms with van der Waals surface area (Å²) >= 11 is 3.37. The van der Waals surface area contributed by atoms with Crippen LogP contribution in [0.1, 0.15) is 26.2 Å². The van der Waals surface area contributed by atoms with Gasteiger partial charge in [-0.15, -0.1) is 0 Å². The zero-order valence-corrected chi connectivity index (χ0v) is 7.15. The van der Waals surface area contributed by atoms with Crippen molar-refractivity contribution in [2.45, 2.75) is 31.0 Å². The lowest BCUT2D eigenvalue weighted by Gasteiger charge is -2.21. The van der Waals surface area contributed by atoms with Crippen LogP contribution in [0.2, 0.25) is 0 Å². The van der Waals surface area contributed by atoms with Gasteiger partial charge in [0.25, 0.3) is 0 Å². The molecule has 1 fully saturated rings. The van der Waals surface area contributed by atoms with Crippen LogP contribution in [0.15, 0.2) is 0 Å². The standard InChI is InChI=1S/C7H11BrO/c1-5-3-2-4-6(9)7(5)8/h5,7H,2-4H2,1H3/t5-,7?/m1/s1. The van der Waals surface area contributed by atoms with Gasteiger partial charge in [-0.3, -0.25) is 4.79 Å². The van der Waals surface area contributed by atoms with Gasteiger partial charge in [0.2, 0.25) is 0 Å². The molecule has 0 N–H and O–H groups in total. The number of carbonyl (C=O) groups excluding carboxylic acids is 1. The van der Waals surface area contributed by atoms with Crippen LogP contribution in [0.5, 0.6) is 0 Å². The maximum Gasteiger partial charge on any atom is 0.146 e. The van der Waals surface area contributed by atoms with E-state index in [4.69, 9.17) is 0 Å². The van der Waals surface area contributed by atoms with E-state index in [-0.39, 0.29) is 4.83 Å². The van der Waals surface area contributed by atoms with E-state index in [0.717, 1.165) is 12.8 Å². The summed E-state index contributed by atoms with van der Waals surface area (Å²) in [5.41, 5.74) is 0. The second-order valence-electron chi connectivity index (χ2n) is 2.74. The second-order valence-corrected chi connectivity index (χ2v) is 3.72. The minimum atomic E-state index is 0.145. The summed E-state index contributed by atoms with van der Waals surface area (Å²) in [5, 5.41) is 0. The minimum absolute atomic E-state index is 0.145. The van der Waals surface area contributed by atoms with Crippen molar-refractivity contribution in [3.63, 3.8) is 0 Å². The first-order valence-electron chi connectivity index (χ1n) is 3.38. The first-order chi connectivity index (χ1) is 4.22. The van der Waals surface area contributed by atoms with Crippen LogP contribution < -0.4 is 0 Å². The number of rotatable bonds is 0. The van der Waals surface area contributed by atoms with Crippen molar-refractivity contribution in [2.75, 3.05) is 0 Å². The molecule has 1 aliphatic carbocycles. The van der Waals surface area contributed by atoms with Crippen LogP contribution in [0.4, 0.5) is 0 Å². The van der Waals surface area contributed by atoms with E-state index in [1.54, 1.807) is 0 Å². The summed E-state index contributed by atoms with van der Waals surface area (Å²) in [4.78, 5) is 11.1. The molecule has 0 aromatic rings. The number of ketones is 1. The van der Waals surface area contributed by atoms with Gasteiger partial charge >= 0.3 is 0 Å². The first kappa shape index (κ1) is 7.26. The largest absolute Gasteiger partial charge is 0.298 e. The van der Waals surface area contributed by atoms with Crippen molar-refractivity contribution in [1.29, 1.82) is 0 Å². The van der Waals surface area contributed by atoms with Gasteiger partial charge < -0.3 is 0 Å². The third kappa shape index (κ3) is 1.54. The first-order valence-corrected chi connectivity index (χ1v) is 4.30. The maximum atomic E-state index is 11.0. The molecule has 52 valence electrons. The Bertz CT molecular complexity index is 122. The number of halogens is 1. The molecule has 1 rings (SSSR count). The maximum absolute atomic E-state index is 11.0. The van der Waals surface area contributed by atoms with Gasteiger partial charge in [0.1, 0.15) is 5.78 Å². The molecule has 1 unspecified atom stereocenters. The predicted molar refractivity (Wildman–Crippen MR) is 40.7 cm³/mol.